The topological polar surface area (TPSA) is 30.3 Å². The first-order valence-electron chi connectivity index (χ1n) is 6.84. The molecular weight excluding hydrogens is 278 g/mol. The maximum absolute atomic E-state index is 8.50. The van der Waals surface area contributed by atoms with Gasteiger partial charge in [0.1, 0.15) is 0 Å². The van der Waals surface area contributed by atoms with Gasteiger partial charge in [-0.1, -0.05) is 11.6 Å². The van der Waals surface area contributed by atoms with Crippen molar-refractivity contribution in [2.45, 2.75) is 25.8 Å². The van der Waals surface area contributed by atoms with Crippen LogP contribution in [-0.4, -0.2) is 42.5 Å². The van der Waals surface area contributed by atoms with Gasteiger partial charge in [-0.25, -0.2) is 0 Å². The van der Waals surface area contributed by atoms with Gasteiger partial charge in [0, 0.05) is 44.0 Å². The van der Waals surface area contributed by atoms with Crippen LogP contribution in [0, 0.1) is 11.3 Å². The molecule has 0 bridgehead atoms. The van der Waals surface area contributed by atoms with Gasteiger partial charge in [0.25, 0.3) is 0 Å². The Labute approximate surface area is 124 Å². The van der Waals surface area contributed by atoms with Gasteiger partial charge in [-0.3, -0.25) is 4.90 Å². The summed E-state index contributed by atoms with van der Waals surface area (Å²) < 4.78 is 0.881. The Balaban J connectivity index is 1.64. The summed E-state index contributed by atoms with van der Waals surface area (Å²) in [6, 6.07) is 6.31. The second-order valence-electron chi connectivity index (χ2n) is 4.94. The number of nitriles is 1. The van der Waals surface area contributed by atoms with Crippen LogP contribution in [0.3, 0.4) is 0 Å². The number of piperazine rings is 1. The Bertz CT molecular complexity index is 419. The van der Waals surface area contributed by atoms with Gasteiger partial charge in [0.2, 0.25) is 0 Å². The van der Waals surface area contributed by atoms with Crippen LogP contribution in [0.1, 0.15) is 24.1 Å². The van der Waals surface area contributed by atoms with Crippen molar-refractivity contribution in [3.63, 3.8) is 0 Å². The first-order valence-corrected chi connectivity index (χ1v) is 8.03. The number of hydrogen-bond acceptors (Lipinski definition) is 4. The van der Waals surface area contributed by atoms with E-state index in [1.165, 1.54) is 4.88 Å². The third-order valence-electron chi connectivity index (χ3n) is 3.49. The molecule has 0 aromatic carbocycles. The second kappa shape index (κ2) is 7.86. The Kier molecular flexibility index (Phi) is 6.12. The third kappa shape index (κ3) is 5.12. The quantitative estimate of drug-likeness (QED) is 0.755. The van der Waals surface area contributed by atoms with Crippen LogP contribution in [-0.2, 0) is 6.54 Å². The van der Waals surface area contributed by atoms with Crippen LogP contribution in [0.2, 0.25) is 4.34 Å². The molecule has 0 atom stereocenters. The second-order valence-corrected chi connectivity index (χ2v) is 6.74. The van der Waals surface area contributed by atoms with Crippen molar-refractivity contribution < 1.29 is 0 Å². The van der Waals surface area contributed by atoms with Crippen molar-refractivity contribution in [1.82, 2.24) is 9.80 Å². The number of unbranched alkanes of at least 4 members (excludes halogenated alkanes) is 2. The highest BCUT2D eigenvalue weighted by atomic mass is 35.5. The maximum atomic E-state index is 8.50. The van der Waals surface area contributed by atoms with Crippen LogP contribution < -0.4 is 0 Å². The average Bonchev–Trinajstić information content (AvgIpc) is 2.82. The standard InChI is InChI=1S/C14H20ClN3S/c15-14-5-4-13(19-14)12-18-10-8-17(9-11-18)7-3-1-2-6-16/h4-5H,1-3,7-12H2. The number of hydrogen-bond donors (Lipinski definition) is 0. The monoisotopic (exact) mass is 297 g/mol. The lowest BCUT2D eigenvalue weighted by Gasteiger charge is -2.34. The highest BCUT2D eigenvalue weighted by Crippen LogP contribution is 2.23. The molecule has 0 unspecified atom stereocenters. The summed E-state index contributed by atoms with van der Waals surface area (Å²) in [6.07, 6.45) is 2.87. The van der Waals surface area contributed by atoms with E-state index in [2.05, 4.69) is 21.9 Å². The Morgan fingerprint density at radius 2 is 1.89 bits per heavy atom. The van der Waals surface area contributed by atoms with Crippen molar-refractivity contribution in [2.24, 2.45) is 0 Å². The molecule has 1 aromatic rings. The predicted molar refractivity (Wildman–Crippen MR) is 80.5 cm³/mol. The fourth-order valence-corrected chi connectivity index (χ4v) is 3.50. The number of halogens is 1. The van der Waals surface area contributed by atoms with E-state index in [0.29, 0.717) is 6.42 Å². The highest BCUT2D eigenvalue weighted by Gasteiger charge is 2.16. The molecule has 1 aromatic heterocycles. The Morgan fingerprint density at radius 1 is 1.16 bits per heavy atom. The van der Waals surface area contributed by atoms with Crippen LogP contribution in [0.25, 0.3) is 0 Å². The van der Waals surface area contributed by atoms with E-state index in [1.54, 1.807) is 11.3 Å². The average molecular weight is 298 g/mol. The first kappa shape index (κ1) is 14.8. The lowest BCUT2D eigenvalue weighted by atomic mass is 10.2. The van der Waals surface area contributed by atoms with Crippen molar-refractivity contribution in [2.75, 3.05) is 32.7 Å². The molecule has 0 N–H and O–H groups in total. The number of thiophene rings is 1. The van der Waals surface area contributed by atoms with Crippen molar-refractivity contribution >= 4 is 22.9 Å². The molecule has 104 valence electrons. The molecule has 1 aliphatic rings. The van der Waals surface area contributed by atoms with E-state index in [9.17, 15) is 0 Å². The fraction of sp³-hybridized carbons (Fsp3) is 0.643. The van der Waals surface area contributed by atoms with Crippen molar-refractivity contribution in [3.05, 3.63) is 21.3 Å². The Hall–Kier alpha value is -0.600. The van der Waals surface area contributed by atoms with E-state index in [0.717, 1.165) is 56.4 Å². The molecule has 1 fully saturated rings. The van der Waals surface area contributed by atoms with Crippen molar-refractivity contribution in [3.8, 4) is 6.07 Å². The van der Waals surface area contributed by atoms with Gasteiger partial charge in [0.05, 0.1) is 10.4 Å². The van der Waals surface area contributed by atoms with E-state index in [-0.39, 0.29) is 0 Å². The summed E-state index contributed by atoms with van der Waals surface area (Å²) >= 11 is 7.63. The summed E-state index contributed by atoms with van der Waals surface area (Å²) in [4.78, 5) is 6.36. The third-order valence-corrected chi connectivity index (χ3v) is 4.70. The zero-order chi connectivity index (χ0) is 13.5. The van der Waals surface area contributed by atoms with E-state index < -0.39 is 0 Å². The summed E-state index contributed by atoms with van der Waals surface area (Å²) in [5.41, 5.74) is 0. The molecule has 2 rings (SSSR count). The molecule has 5 heteroatoms. The van der Waals surface area contributed by atoms with E-state index in [1.807, 2.05) is 6.07 Å². The van der Waals surface area contributed by atoms with Gasteiger partial charge in [-0.2, -0.15) is 5.26 Å². The lowest BCUT2D eigenvalue weighted by molar-refractivity contribution is 0.126. The van der Waals surface area contributed by atoms with Crippen molar-refractivity contribution in [1.29, 1.82) is 5.26 Å². The molecule has 1 aliphatic heterocycles. The number of rotatable bonds is 6. The van der Waals surface area contributed by atoms with E-state index in [4.69, 9.17) is 16.9 Å². The molecule has 0 aliphatic carbocycles. The van der Waals surface area contributed by atoms with Crippen LogP contribution in [0.5, 0.6) is 0 Å². The largest absolute Gasteiger partial charge is 0.301 e. The molecule has 0 amide bonds. The first-order chi connectivity index (χ1) is 9.28. The highest BCUT2D eigenvalue weighted by molar-refractivity contribution is 7.16. The van der Waals surface area contributed by atoms with Crippen LogP contribution in [0.4, 0.5) is 0 Å². The minimum atomic E-state index is 0.694. The molecule has 0 spiro atoms. The molecule has 1 saturated heterocycles. The van der Waals surface area contributed by atoms with Crippen LogP contribution >= 0.6 is 22.9 Å². The molecule has 2 heterocycles. The SMILES string of the molecule is N#CCCCCN1CCN(Cc2ccc(Cl)s2)CC1. The Morgan fingerprint density at radius 3 is 2.53 bits per heavy atom. The summed E-state index contributed by atoms with van der Waals surface area (Å²) in [5, 5.41) is 8.50. The summed E-state index contributed by atoms with van der Waals surface area (Å²) in [7, 11) is 0. The zero-order valence-electron chi connectivity index (χ0n) is 11.1. The minimum absolute atomic E-state index is 0.694. The number of nitrogens with zero attached hydrogens (tertiary/aromatic N) is 3. The van der Waals surface area contributed by atoms with Gasteiger partial charge in [0.15, 0.2) is 0 Å². The van der Waals surface area contributed by atoms with Gasteiger partial charge in [-0.15, -0.1) is 11.3 Å². The van der Waals surface area contributed by atoms with E-state index >= 15 is 0 Å². The predicted octanol–water partition coefficient (Wildman–Crippen LogP) is 3.21. The lowest BCUT2D eigenvalue weighted by Crippen LogP contribution is -2.45. The normalized spacial score (nSPS) is 17.5. The molecule has 0 saturated carbocycles. The smallest absolute Gasteiger partial charge is 0.0931 e. The van der Waals surface area contributed by atoms with Gasteiger partial charge < -0.3 is 4.90 Å². The summed E-state index contributed by atoms with van der Waals surface area (Å²) in [6.45, 7) is 6.72. The maximum Gasteiger partial charge on any atom is 0.0931 e. The van der Waals surface area contributed by atoms with Crippen LogP contribution in [0.15, 0.2) is 12.1 Å². The molecule has 3 nitrogen and oxygen atoms in total. The van der Waals surface area contributed by atoms with Gasteiger partial charge >= 0.3 is 0 Å². The fourth-order valence-electron chi connectivity index (χ4n) is 2.37. The zero-order valence-corrected chi connectivity index (χ0v) is 12.7. The minimum Gasteiger partial charge on any atom is -0.301 e. The molecule has 19 heavy (non-hydrogen) atoms. The molecular formula is C14H20ClN3S. The summed E-state index contributed by atoms with van der Waals surface area (Å²) in [5.74, 6) is 0. The molecule has 0 radical (unpaired) electrons. The van der Waals surface area contributed by atoms with Gasteiger partial charge in [-0.05, 0) is 31.5 Å².